The first-order valence-corrected chi connectivity index (χ1v) is 7.63. The Bertz CT molecular complexity index is 543. The summed E-state index contributed by atoms with van der Waals surface area (Å²) in [7, 11) is 0. The van der Waals surface area contributed by atoms with E-state index in [0.29, 0.717) is 11.8 Å². The molecule has 1 atom stereocenters. The summed E-state index contributed by atoms with van der Waals surface area (Å²) in [5.41, 5.74) is 4.27. The van der Waals surface area contributed by atoms with Crippen molar-refractivity contribution in [1.29, 1.82) is 0 Å². The van der Waals surface area contributed by atoms with Crippen LogP contribution in [0.5, 0.6) is 0 Å². The van der Waals surface area contributed by atoms with Gasteiger partial charge in [-0.15, -0.1) is 0 Å². The molecular formula is C20H24. The van der Waals surface area contributed by atoms with Crippen LogP contribution in [0.2, 0.25) is 0 Å². The summed E-state index contributed by atoms with van der Waals surface area (Å²) in [6.45, 7) is 6.23. The fourth-order valence-electron chi connectivity index (χ4n) is 2.79. The normalized spacial score (nSPS) is 20.1. The van der Waals surface area contributed by atoms with Gasteiger partial charge in [0.2, 0.25) is 0 Å². The molecule has 0 N–H and O–H groups in total. The van der Waals surface area contributed by atoms with E-state index in [1.165, 1.54) is 16.7 Å². The summed E-state index contributed by atoms with van der Waals surface area (Å²) in [5.74, 6) is 1.03. The topological polar surface area (TPSA) is 0 Å². The second-order valence-electron chi connectivity index (χ2n) is 5.07. The van der Waals surface area contributed by atoms with Crippen LogP contribution in [0.25, 0.3) is 0 Å². The number of hydrogen-bond donors (Lipinski definition) is 0. The standard InChI is InChI=1S/C18H18.C2H6/c1-14-13-17(15-7-5-6-8-15)11-12-18(14)16-9-3-2-4-10-16;1-2/h2-9,11-13,15-16H,10H2,1H3;1-2H3. The van der Waals surface area contributed by atoms with Crippen LogP contribution in [0.1, 0.15) is 48.8 Å². The van der Waals surface area contributed by atoms with Gasteiger partial charge in [0.15, 0.2) is 0 Å². The highest BCUT2D eigenvalue weighted by molar-refractivity contribution is 5.42. The minimum absolute atomic E-state index is 0.472. The maximum Gasteiger partial charge on any atom is 0.0204 e. The largest absolute Gasteiger partial charge is 0.0836 e. The van der Waals surface area contributed by atoms with Crippen molar-refractivity contribution in [2.75, 3.05) is 0 Å². The molecule has 0 spiro atoms. The number of benzene rings is 1. The Morgan fingerprint density at radius 1 is 0.900 bits per heavy atom. The first kappa shape index (κ1) is 14.6. The Morgan fingerprint density at radius 2 is 1.60 bits per heavy atom. The molecule has 0 aromatic heterocycles. The monoisotopic (exact) mass is 264 g/mol. The molecule has 20 heavy (non-hydrogen) atoms. The molecule has 0 nitrogen and oxygen atoms in total. The van der Waals surface area contributed by atoms with Gasteiger partial charge in [0.05, 0.1) is 0 Å². The lowest BCUT2D eigenvalue weighted by atomic mass is 9.87. The number of allylic oxidation sites excluding steroid dienone is 8. The van der Waals surface area contributed by atoms with Gasteiger partial charge in [-0.1, -0.05) is 80.7 Å². The van der Waals surface area contributed by atoms with Gasteiger partial charge in [0.25, 0.3) is 0 Å². The van der Waals surface area contributed by atoms with Crippen molar-refractivity contribution in [3.05, 3.63) is 83.5 Å². The molecule has 0 bridgehead atoms. The van der Waals surface area contributed by atoms with E-state index in [-0.39, 0.29) is 0 Å². The van der Waals surface area contributed by atoms with Gasteiger partial charge in [0, 0.05) is 11.8 Å². The van der Waals surface area contributed by atoms with Crippen LogP contribution < -0.4 is 0 Å². The molecular weight excluding hydrogens is 240 g/mol. The van der Waals surface area contributed by atoms with E-state index in [9.17, 15) is 0 Å². The molecule has 0 amide bonds. The SMILES string of the molecule is CC.Cc1cc(C2C=CC=C2)ccc1C1C=CC=CC1. The van der Waals surface area contributed by atoms with Crippen LogP contribution in [0, 0.1) is 6.92 Å². The van der Waals surface area contributed by atoms with Crippen LogP contribution in [0.4, 0.5) is 0 Å². The summed E-state index contributed by atoms with van der Waals surface area (Å²) in [5, 5.41) is 0. The number of rotatable bonds is 2. The second kappa shape index (κ2) is 7.09. The first-order chi connectivity index (χ1) is 9.84. The van der Waals surface area contributed by atoms with E-state index >= 15 is 0 Å². The molecule has 0 fully saturated rings. The van der Waals surface area contributed by atoms with Gasteiger partial charge in [0.1, 0.15) is 0 Å². The average molecular weight is 264 g/mol. The zero-order chi connectivity index (χ0) is 14.4. The lowest BCUT2D eigenvalue weighted by molar-refractivity contribution is 0.843. The molecule has 0 saturated carbocycles. The summed E-state index contributed by atoms with van der Waals surface area (Å²) >= 11 is 0. The predicted octanol–water partition coefficient (Wildman–Crippen LogP) is 5.83. The van der Waals surface area contributed by atoms with Gasteiger partial charge in [-0.3, -0.25) is 0 Å². The highest BCUT2D eigenvalue weighted by atomic mass is 14.2. The van der Waals surface area contributed by atoms with Gasteiger partial charge in [-0.05, 0) is 30.0 Å². The molecule has 0 heterocycles. The average Bonchev–Trinajstić information content (AvgIpc) is 3.04. The summed E-state index contributed by atoms with van der Waals surface area (Å²) in [6, 6.07) is 6.92. The molecule has 104 valence electrons. The molecule has 0 radical (unpaired) electrons. The van der Waals surface area contributed by atoms with Crippen molar-refractivity contribution in [2.45, 2.75) is 39.0 Å². The van der Waals surface area contributed by atoms with Crippen molar-refractivity contribution in [1.82, 2.24) is 0 Å². The third kappa shape index (κ3) is 3.19. The van der Waals surface area contributed by atoms with E-state index in [1.54, 1.807) is 0 Å². The van der Waals surface area contributed by atoms with Crippen LogP contribution in [-0.4, -0.2) is 0 Å². The number of hydrogen-bond acceptors (Lipinski definition) is 0. The fraction of sp³-hybridized carbons (Fsp3) is 0.300. The molecule has 1 aromatic carbocycles. The molecule has 3 rings (SSSR count). The predicted molar refractivity (Wildman–Crippen MR) is 89.2 cm³/mol. The zero-order valence-corrected chi connectivity index (χ0v) is 12.7. The fourth-order valence-corrected chi connectivity index (χ4v) is 2.79. The third-order valence-electron chi connectivity index (χ3n) is 3.81. The van der Waals surface area contributed by atoms with E-state index in [2.05, 4.69) is 73.7 Å². The number of aryl methyl sites for hydroxylation is 1. The lowest BCUT2D eigenvalue weighted by Crippen LogP contribution is -2.00. The van der Waals surface area contributed by atoms with Crippen LogP contribution >= 0.6 is 0 Å². The minimum atomic E-state index is 0.472. The lowest BCUT2D eigenvalue weighted by Gasteiger charge is -2.18. The maximum atomic E-state index is 2.34. The van der Waals surface area contributed by atoms with E-state index in [1.807, 2.05) is 13.8 Å². The van der Waals surface area contributed by atoms with Crippen molar-refractivity contribution >= 4 is 0 Å². The van der Waals surface area contributed by atoms with Gasteiger partial charge < -0.3 is 0 Å². The summed E-state index contributed by atoms with van der Waals surface area (Å²) < 4.78 is 0. The first-order valence-electron chi connectivity index (χ1n) is 7.63. The molecule has 1 unspecified atom stereocenters. The highest BCUT2D eigenvalue weighted by Gasteiger charge is 2.13. The van der Waals surface area contributed by atoms with Crippen molar-refractivity contribution in [3.8, 4) is 0 Å². The van der Waals surface area contributed by atoms with Crippen molar-refractivity contribution in [2.24, 2.45) is 0 Å². The van der Waals surface area contributed by atoms with Gasteiger partial charge in [-0.2, -0.15) is 0 Å². The Hall–Kier alpha value is -1.82. The molecule has 0 saturated heterocycles. The van der Waals surface area contributed by atoms with Gasteiger partial charge >= 0.3 is 0 Å². The quantitative estimate of drug-likeness (QED) is 0.630. The molecule has 1 aromatic rings. The van der Waals surface area contributed by atoms with E-state index < -0.39 is 0 Å². The molecule has 0 heteroatoms. The van der Waals surface area contributed by atoms with Crippen LogP contribution in [0.15, 0.2) is 66.8 Å². The minimum Gasteiger partial charge on any atom is -0.0836 e. The van der Waals surface area contributed by atoms with E-state index in [4.69, 9.17) is 0 Å². The van der Waals surface area contributed by atoms with Gasteiger partial charge in [-0.25, -0.2) is 0 Å². The molecule has 2 aliphatic rings. The zero-order valence-electron chi connectivity index (χ0n) is 12.7. The Labute approximate surface area is 123 Å². The second-order valence-corrected chi connectivity index (χ2v) is 5.07. The smallest absolute Gasteiger partial charge is 0.0204 e. The molecule has 2 aliphatic carbocycles. The summed E-state index contributed by atoms with van der Waals surface area (Å²) in [6.07, 6.45) is 18.7. The Morgan fingerprint density at radius 3 is 2.20 bits per heavy atom. The van der Waals surface area contributed by atoms with Crippen LogP contribution in [0.3, 0.4) is 0 Å². The Balaban J connectivity index is 0.000000704. The highest BCUT2D eigenvalue weighted by Crippen LogP contribution is 2.31. The maximum absolute atomic E-state index is 2.34. The molecule has 0 aliphatic heterocycles. The Kier molecular flexibility index (Phi) is 5.17. The van der Waals surface area contributed by atoms with Crippen LogP contribution in [-0.2, 0) is 0 Å². The third-order valence-corrected chi connectivity index (χ3v) is 3.81. The van der Waals surface area contributed by atoms with Crippen molar-refractivity contribution < 1.29 is 0 Å². The summed E-state index contributed by atoms with van der Waals surface area (Å²) in [4.78, 5) is 0. The van der Waals surface area contributed by atoms with Crippen molar-refractivity contribution in [3.63, 3.8) is 0 Å². The van der Waals surface area contributed by atoms with E-state index in [0.717, 1.165) is 6.42 Å².